The smallest absolute Gasteiger partial charge is 0.344 e. The number of para-hydroxylation sites is 2. The molecule has 0 saturated carbocycles. The van der Waals surface area contributed by atoms with Crippen LogP contribution in [0, 0.1) is 0 Å². The van der Waals surface area contributed by atoms with Crippen LogP contribution in [0.4, 0.5) is 4.79 Å². The van der Waals surface area contributed by atoms with Gasteiger partial charge in [0.15, 0.2) is 18.1 Å². The van der Waals surface area contributed by atoms with E-state index in [-0.39, 0.29) is 6.61 Å². The molecule has 3 rings (SSSR count). The molecule has 0 bridgehead atoms. The van der Waals surface area contributed by atoms with Gasteiger partial charge in [0.25, 0.3) is 11.8 Å². The minimum Gasteiger partial charge on any atom is -0.490 e. The largest absolute Gasteiger partial charge is 0.490 e. The van der Waals surface area contributed by atoms with Gasteiger partial charge in [0.05, 0.1) is 6.61 Å². The average molecular weight is 383 g/mol. The predicted molar refractivity (Wildman–Crippen MR) is 100 cm³/mol. The second-order valence-electron chi connectivity index (χ2n) is 6.27. The molecule has 1 atom stereocenters. The van der Waals surface area contributed by atoms with Crippen molar-refractivity contribution in [3.8, 4) is 11.5 Å². The van der Waals surface area contributed by atoms with Crippen LogP contribution in [0.5, 0.6) is 11.5 Å². The first-order valence-electron chi connectivity index (χ1n) is 8.82. The molecule has 2 aromatic rings. The first kappa shape index (κ1) is 19.2. The van der Waals surface area contributed by atoms with E-state index in [1.54, 1.807) is 55.5 Å². The molecular weight excluding hydrogens is 362 g/mol. The third-order valence-electron chi connectivity index (χ3n) is 4.29. The zero-order chi connectivity index (χ0) is 20.1. The highest BCUT2D eigenvalue weighted by atomic mass is 16.5. The summed E-state index contributed by atoms with van der Waals surface area (Å²) in [4.78, 5) is 37.2. The number of nitrogens with one attached hydrogen (secondary N) is 2. The molecule has 4 amide bonds. The van der Waals surface area contributed by atoms with Gasteiger partial charge in [-0.05, 0) is 31.5 Å². The zero-order valence-corrected chi connectivity index (χ0v) is 15.6. The fourth-order valence-corrected chi connectivity index (χ4v) is 2.85. The number of rotatable bonds is 7. The van der Waals surface area contributed by atoms with Gasteiger partial charge in [-0.25, -0.2) is 4.79 Å². The Hall–Kier alpha value is -3.55. The number of hydrogen-bond donors (Lipinski definition) is 2. The molecule has 8 heteroatoms. The Morgan fingerprint density at radius 1 is 1.04 bits per heavy atom. The van der Waals surface area contributed by atoms with Gasteiger partial charge in [0.2, 0.25) is 0 Å². The van der Waals surface area contributed by atoms with E-state index < -0.39 is 23.4 Å². The van der Waals surface area contributed by atoms with E-state index in [4.69, 9.17) is 9.47 Å². The van der Waals surface area contributed by atoms with Crippen molar-refractivity contribution in [3.05, 3.63) is 60.2 Å². The summed E-state index contributed by atoms with van der Waals surface area (Å²) in [7, 11) is 0. The number of hydrazine groups is 1. The first-order valence-corrected chi connectivity index (χ1v) is 8.82. The van der Waals surface area contributed by atoms with Crippen molar-refractivity contribution in [3.63, 3.8) is 0 Å². The fourth-order valence-electron chi connectivity index (χ4n) is 2.85. The maximum absolute atomic E-state index is 12.8. The van der Waals surface area contributed by atoms with Gasteiger partial charge in [-0.1, -0.05) is 42.5 Å². The van der Waals surface area contributed by atoms with Crippen LogP contribution in [0.25, 0.3) is 0 Å². The molecular formula is C20H21N3O5. The molecule has 8 nitrogen and oxygen atoms in total. The molecule has 0 spiro atoms. The number of imide groups is 1. The highest BCUT2D eigenvalue weighted by Gasteiger charge is 2.49. The van der Waals surface area contributed by atoms with Crippen LogP contribution in [-0.2, 0) is 15.1 Å². The van der Waals surface area contributed by atoms with Gasteiger partial charge in [0, 0.05) is 0 Å². The number of hydrogen-bond acceptors (Lipinski definition) is 5. The molecule has 1 heterocycles. The summed E-state index contributed by atoms with van der Waals surface area (Å²) in [6.45, 7) is 3.49. The highest BCUT2D eigenvalue weighted by molar-refractivity contribution is 6.08. The summed E-state index contributed by atoms with van der Waals surface area (Å²) in [6, 6.07) is 15.0. The zero-order valence-electron chi connectivity index (χ0n) is 15.6. The minimum absolute atomic E-state index is 0.386. The molecule has 1 aliphatic rings. The summed E-state index contributed by atoms with van der Waals surface area (Å²) in [5.74, 6) is -0.325. The van der Waals surface area contributed by atoms with E-state index in [2.05, 4.69) is 10.7 Å². The number of ether oxygens (including phenoxy) is 2. The summed E-state index contributed by atoms with van der Waals surface area (Å²) >= 11 is 0. The van der Waals surface area contributed by atoms with Crippen molar-refractivity contribution in [1.29, 1.82) is 0 Å². The van der Waals surface area contributed by atoms with Crippen LogP contribution in [0.3, 0.4) is 0 Å². The van der Waals surface area contributed by atoms with E-state index in [9.17, 15) is 14.4 Å². The maximum atomic E-state index is 12.8. The molecule has 0 aromatic heterocycles. The van der Waals surface area contributed by atoms with Gasteiger partial charge in [-0.15, -0.1) is 0 Å². The average Bonchev–Trinajstić information content (AvgIpc) is 2.92. The molecule has 1 aliphatic heterocycles. The number of carbonyl (C=O) groups excluding carboxylic acids is 3. The van der Waals surface area contributed by atoms with E-state index in [0.717, 1.165) is 0 Å². The van der Waals surface area contributed by atoms with E-state index in [0.29, 0.717) is 28.7 Å². The van der Waals surface area contributed by atoms with Crippen LogP contribution >= 0.6 is 0 Å². The van der Waals surface area contributed by atoms with Crippen molar-refractivity contribution in [2.45, 2.75) is 19.4 Å². The van der Waals surface area contributed by atoms with Gasteiger partial charge >= 0.3 is 6.03 Å². The van der Waals surface area contributed by atoms with Crippen LogP contribution < -0.4 is 20.2 Å². The van der Waals surface area contributed by atoms with Crippen LogP contribution in [0.2, 0.25) is 0 Å². The van der Waals surface area contributed by atoms with E-state index >= 15 is 0 Å². The summed E-state index contributed by atoms with van der Waals surface area (Å²) < 4.78 is 10.9. The van der Waals surface area contributed by atoms with E-state index in [1.807, 2.05) is 13.0 Å². The molecule has 1 saturated heterocycles. The molecule has 0 radical (unpaired) electrons. The lowest BCUT2D eigenvalue weighted by atomic mass is 9.92. The third-order valence-corrected chi connectivity index (χ3v) is 4.29. The lowest BCUT2D eigenvalue weighted by Gasteiger charge is -2.22. The Bertz CT molecular complexity index is 886. The van der Waals surface area contributed by atoms with Crippen molar-refractivity contribution in [2.75, 3.05) is 13.2 Å². The molecule has 0 unspecified atom stereocenters. The van der Waals surface area contributed by atoms with Gasteiger partial charge in [0.1, 0.15) is 5.54 Å². The van der Waals surface area contributed by atoms with Crippen LogP contribution in [0.1, 0.15) is 19.4 Å². The third kappa shape index (κ3) is 3.75. The molecule has 2 N–H and O–H groups in total. The van der Waals surface area contributed by atoms with Crippen molar-refractivity contribution < 1.29 is 23.9 Å². The number of nitrogens with zero attached hydrogens (tertiary/aromatic N) is 1. The molecule has 28 heavy (non-hydrogen) atoms. The normalized spacial score (nSPS) is 18.6. The lowest BCUT2D eigenvalue weighted by Crippen LogP contribution is -2.49. The van der Waals surface area contributed by atoms with Crippen molar-refractivity contribution in [1.82, 2.24) is 15.8 Å². The van der Waals surface area contributed by atoms with Crippen molar-refractivity contribution >= 4 is 17.8 Å². The van der Waals surface area contributed by atoms with Gasteiger partial charge in [-0.2, -0.15) is 5.01 Å². The molecule has 2 aromatic carbocycles. The number of carbonyl (C=O) groups is 3. The Labute approximate surface area is 162 Å². The summed E-state index contributed by atoms with van der Waals surface area (Å²) in [5, 5.41) is 3.29. The minimum atomic E-state index is -1.26. The Balaban J connectivity index is 1.65. The number of benzene rings is 2. The molecule has 1 fully saturated rings. The Morgan fingerprint density at radius 2 is 1.64 bits per heavy atom. The standard InChI is InChI=1S/C20H21N3O5/c1-3-27-15-11-7-8-12-16(15)28-13-17(24)22-23-18(25)20(2,21-19(23)26)14-9-5-4-6-10-14/h4-12H,3,13H2,1-2H3,(H,21,26)(H,22,24)/t20-/m1/s1. The SMILES string of the molecule is CCOc1ccccc1OCC(=O)NN1C(=O)N[C@](C)(c2ccccc2)C1=O. The quantitative estimate of drug-likeness (QED) is 0.713. The second kappa shape index (κ2) is 7.99. The van der Waals surface area contributed by atoms with Gasteiger partial charge in [-0.3, -0.25) is 15.0 Å². The van der Waals surface area contributed by atoms with Gasteiger partial charge < -0.3 is 14.8 Å². The van der Waals surface area contributed by atoms with Crippen molar-refractivity contribution in [2.24, 2.45) is 0 Å². The second-order valence-corrected chi connectivity index (χ2v) is 6.27. The fraction of sp³-hybridized carbons (Fsp3) is 0.250. The number of amides is 4. The summed E-state index contributed by atoms with van der Waals surface area (Å²) in [5.41, 5.74) is 1.65. The maximum Gasteiger partial charge on any atom is 0.344 e. The molecule has 0 aliphatic carbocycles. The van der Waals surface area contributed by atoms with E-state index in [1.165, 1.54) is 0 Å². The van der Waals surface area contributed by atoms with Crippen LogP contribution in [-0.4, -0.2) is 36.1 Å². The lowest BCUT2D eigenvalue weighted by molar-refractivity contribution is -0.139. The Morgan fingerprint density at radius 3 is 2.29 bits per heavy atom. The summed E-state index contributed by atoms with van der Waals surface area (Å²) in [6.07, 6.45) is 0. The Kier molecular flexibility index (Phi) is 5.49. The monoisotopic (exact) mass is 383 g/mol. The highest BCUT2D eigenvalue weighted by Crippen LogP contribution is 2.28. The first-order chi connectivity index (χ1) is 13.5. The predicted octanol–water partition coefficient (Wildman–Crippen LogP) is 1.96. The number of urea groups is 1. The topological polar surface area (TPSA) is 97.0 Å². The molecule has 146 valence electrons. The van der Waals surface area contributed by atoms with Crippen LogP contribution in [0.15, 0.2) is 54.6 Å².